The van der Waals surface area contributed by atoms with Crippen molar-refractivity contribution < 1.29 is 22.7 Å². The van der Waals surface area contributed by atoms with Crippen LogP contribution in [0.2, 0.25) is 0 Å². The molecule has 0 aromatic heterocycles. The third-order valence-corrected chi connectivity index (χ3v) is 7.49. The molecule has 0 unspecified atom stereocenters. The molecule has 2 aromatic carbocycles. The second-order valence-electron chi connectivity index (χ2n) is 7.35. The number of para-hydroxylation sites is 1. The lowest BCUT2D eigenvalue weighted by molar-refractivity contribution is -0.132. The summed E-state index contributed by atoms with van der Waals surface area (Å²) in [4.78, 5) is 25.9. The molecule has 9 heteroatoms. The number of rotatable bonds is 5. The van der Waals surface area contributed by atoms with Crippen LogP contribution in [0.5, 0.6) is 11.5 Å². The van der Waals surface area contributed by atoms with E-state index in [1.54, 1.807) is 19.1 Å². The van der Waals surface area contributed by atoms with Gasteiger partial charge in [-0.2, -0.15) is 4.31 Å². The molecule has 158 valence electrons. The van der Waals surface area contributed by atoms with Gasteiger partial charge in [-0.3, -0.25) is 9.69 Å². The lowest BCUT2D eigenvalue weighted by Gasteiger charge is -2.36. The molecule has 0 saturated carbocycles. The largest absolute Gasteiger partial charge is 0.457 e. The monoisotopic (exact) mass is 429 g/mol. The van der Waals surface area contributed by atoms with Gasteiger partial charge in [-0.05, 0) is 56.2 Å². The summed E-state index contributed by atoms with van der Waals surface area (Å²) in [7, 11) is -3.71. The van der Waals surface area contributed by atoms with E-state index in [0.717, 1.165) is 0 Å². The van der Waals surface area contributed by atoms with Crippen LogP contribution in [0, 0.1) is 0 Å². The zero-order chi connectivity index (χ0) is 21.4. The van der Waals surface area contributed by atoms with E-state index in [1.807, 2.05) is 30.3 Å². The van der Waals surface area contributed by atoms with E-state index in [-0.39, 0.29) is 36.7 Å². The zero-order valence-corrected chi connectivity index (χ0v) is 17.4. The molecule has 1 spiro atoms. The van der Waals surface area contributed by atoms with Crippen molar-refractivity contribution in [3.63, 3.8) is 0 Å². The number of piperidine rings is 1. The minimum atomic E-state index is -3.71. The number of hydrogen-bond acceptors (Lipinski definition) is 5. The molecule has 0 bridgehead atoms. The van der Waals surface area contributed by atoms with Crippen molar-refractivity contribution in [1.82, 2.24) is 14.5 Å². The molecule has 3 amide bonds. The summed E-state index contributed by atoms with van der Waals surface area (Å²) in [6.45, 7) is 2.36. The molecule has 8 nitrogen and oxygen atoms in total. The van der Waals surface area contributed by atoms with Crippen LogP contribution in [0.15, 0.2) is 59.5 Å². The van der Waals surface area contributed by atoms with E-state index >= 15 is 0 Å². The number of amides is 3. The smallest absolute Gasteiger partial charge is 0.325 e. The first-order valence-electron chi connectivity index (χ1n) is 9.83. The third-order valence-electron chi connectivity index (χ3n) is 5.58. The van der Waals surface area contributed by atoms with Crippen molar-refractivity contribution in [3.05, 3.63) is 54.6 Å². The van der Waals surface area contributed by atoms with Gasteiger partial charge in [0.2, 0.25) is 10.0 Å². The molecule has 2 fully saturated rings. The lowest BCUT2D eigenvalue weighted by atomic mass is 9.88. The number of nitrogens with one attached hydrogen (secondary N) is 1. The van der Waals surface area contributed by atoms with Crippen molar-refractivity contribution in [2.75, 3.05) is 19.6 Å². The molecule has 2 aliphatic rings. The standard InChI is InChI=1S/C21H23N3O5S/c1-2-24-19(25)21(22-20(24)26)12-14-23(15-13-21)30(27,28)18-10-8-17(9-11-18)29-16-6-4-3-5-7-16/h3-11H,2,12-15H2,1H3,(H,22,26). The van der Waals surface area contributed by atoms with Crippen molar-refractivity contribution in [2.24, 2.45) is 0 Å². The molecule has 1 N–H and O–H groups in total. The summed E-state index contributed by atoms with van der Waals surface area (Å²) in [6, 6.07) is 15.1. The van der Waals surface area contributed by atoms with Crippen molar-refractivity contribution in [2.45, 2.75) is 30.2 Å². The van der Waals surface area contributed by atoms with Crippen LogP contribution in [0.1, 0.15) is 19.8 Å². The Hall–Kier alpha value is -2.91. The number of ether oxygens (including phenoxy) is 1. The molecule has 2 aliphatic heterocycles. The molecular formula is C21H23N3O5S. The molecule has 4 rings (SSSR count). The Morgan fingerprint density at radius 3 is 2.13 bits per heavy atom. The van der Waals surface area contributed by atoms with E-state index in [1.165, 1.54) is 21.3 Å². The average molecular weight is 429 g/mol. The topological polar surface area (TPSA) is 96.0 Å². The molecule has 0 radical (unpaired) electrons. The van der Waals surface area contributed by atoms with Crippen LogP contribution >= 0.6 is 0 Å². The highest BCUT2D eigenvalue weighted by Gasteiger charge is 2.52. The minimum absolute atomic E-state index is 0.161. The zero-order valence-electron chi connectivity index (χ0n) is 16.6. The van der Waals surface area contributed by atoms with Gasteiger partial charge in [0.1, 0.15) is 17.0 Å². The van der Waals surface area contributed by atoms with Crippen molar-refractivity contribution in [3.8, 4) is 11.5 Å². The van der Waals surface area contributed by atoms with Gasteiger partial charge < -0.3 is 10.1 Å². The molecule has 2 saturated heterocycles. The minimum Gasteiger partial charge on any atom is -0.457 e. The van der Waals surface area contributed by atoms with Gasteiger partial charge in [-0.1, -0.05) is 18.2 Å². The number of nitrogens with zero attached hydrogens (tertiary/aromatic N) is 2. The van der Waals surface area contributed by atoms with E-state index < -0.39 is 21.6 Å². The maximum Gasteiger partial charge on any atom is 0.325 e. The van der Waals surface area contributed by atoms with Crippen molar-refractivity contribution >= 4 is 22.0 Å². The normalized spacial score (nSPS) is 19.2. The van der Waals surface area contributed by atoms with E-state index in [9.17, 15) is 18.0 Å². The van der Waals surface area contributed by atoms with E-state index in [4.69, 9.17) is 4.74 Å². The van der Waals surface area contributed by atoms with Gasteiger partial charge in [-0.15, -0.1) is 0 Å². The number of sulfonamides is 1. The van der Waals surface area contributed by atoms with Gasteiger partial charge in [0.05, 0.1) is 4.90 Å². The second-order valence-corrected chi connectivity index (χ2v) is 9.29. The van der Waals surface area contributed by atoms with Crippen molar-refractivity contribution in [1.29, 1.82) is 0 Å². The predicted molar refractivity (Wildman–Crippen MR) is 110 cm³/mol. The first-order valence-corrected chi connectivity index (χ1v) is 11.3. The Morgan fingerprint density at radius 2 is 1.57 bits per heavy atom. The number of imide groups is 1. The van der Waals surface area contributed by atoms with Crippen LogP contribution in [-0.2, 0) is 14.8 Å². The fraction of sp³-hybridized carbons (Fsp3) is 0.333. The van der Waals surface area contributed by atoms with Gasteiger partial charge in [-0.25, -0.2) is 13.2 Å². The highest BCUT2D eigenvalue weighted by molar-refractivity contribution is 7.89. The number of carbonyl (C=O) groups excluding carboxylic acids is 2. The van der Waals surface area contributed by atoms with Gasteiger partial charge >= 0.3 is 6.03 Å². The Kier molecular flexibility index (Phi) is 5.25. The highest BCUT2D eigenvalue weighted by Crippen LogP contribution is 2.32. The van der Waals surface area contributed by atoms with Crippen LogP contribution in [0.3, 0.4) is 0 Å². The highest BCUT2D eigenvalue weighted by atomic mass is 32.2. The number of hydrogen-bond donors (Lipinski definition) is 1. The third kappa shape index (κ3) is 3.54. The van der Waals surface area contributed by atoms with Crippen LogP contribution < -0.4 is 10.1 Å². The fourth-order valence-corrected chi connectivity index (χ4v) is 5.31. The SMILES string of the molecule is CCN1C(=O)NC2(CCN(S(=O)(=O)c3ccc(Oc4ccccc4)cc3)CC2)C1=O. The summed E-state index contributed by atoms with van der Waals surface area (Å²) in [5, 5.41) is 2.76. The maximum atomic E-state index is 13.0. The molecule has 2 aromatic rings. The Morgan fingerprint density at radius 1 is 0.967 bits per heavy atom. The summed E-state index contributed by atoms with van der Waals surface area (Å²) < 4.78 is 33.1. The number of carbonyl (C=O) groups is 2. The summed E-state index contributed by atoms with van der Waals surface area (Å²) in [6.07, 6.45) is 0.505. The maximum absolute atomic E-state index is 13.0. The van der Waals surface area contributed by atoms with Gasteiger partial charge in [0.15, 0.2) is 0 Å². The summed E-state index contributed by atoms with van der Waals surface area (Å²) in [5.74, 6) is 0.935. The molecule has 0 atom stereocenters. The molecular weight excluding hydrogens is 406 g/mol. The fourth-order valence-electron chi connectivity index (χ4n) is 3.86. The predicted octanol–water partition coefficient (Wildman–Crippen LogP) is 2.57. The molecule has 30 heavy (non-hydrogen) atoms. The van der Waals surface area contributed by atoms with E-state index in [2.05, 4.69) is 5.32 Å². The summed E-state index contributed by atoms with van der Waals surface area (Å²) >= 11 is 0. The quantitative estimate of drug-likeness (QED) is 0.737. The number of urea groups is 1. The first-order chi connectivity index (χ1) is 14.4. The molecule has 0 aliphatic carbocycles. The second kappa shape index (κ2) is 7.73. The first kappa shape index (κ1) is 20.4. The Balaban J connectivity index is 1.45. The summed E-state index contributed by atoms with van der Waals surface area (Å²) in [5.41, 5.74) is -0.994. The Bertz CT molecular complexity index is 1050. The van der Waals surface area contributed by atoms with E-state index in [0.29, 0.717) is 18.0 Å². The average Bonchev–Trinajstić information content (AvgIpc) is 2.98. The van der Waals surface area contributed by atoms with Crippen LogP contribution in [-0.4, -0.2) is 54.7 Å². The number of benzene rings is 2. The molecule has 2 heterocycles. The lowest BCUT2D eigenvalue weighted by Crippen LogP contribution is -2.55. The van der Waals surface area contributed by atoms with Gasteiger partial charge in [0, 0.05) is 19.6 Å². The van der Waals surface area contributed by atoms with Gasteiger partial charge in [0.25, 0.3) is 5.91 Å². The Labute approximate surface area is 175 Å². The van der Waals surface area contributed by atoms with Crippen LogP contribution in [0.25, 0.3) is 0 Å². The number of likely N-dealkylation sites (N-methyl/N-ethyl adjacent to an activating group) is 1. The van der Waals surface area contributed by atoms with Crippen LogP contribution in [0.4, 0.5) is 4.79 Å².